The molecule has 0 aliphatic carbocycles. The summed E-state index contributed by atoms with van der Waals surface area (Å²) in [6.07, 6.45) is 11.9. The van der Waals surface area contributed by atoms with Crippen LogP contribution >= 0.6 is 110 Å². The van der Waals surface area contributed by atoms with Gasteiger partial charge in [0.1, 0.15) is 46.6 Å². The number of pyridine rings is 4. The van der Waals surface area contributed by atoms with Gasteiger partial charge in [-0.2, -0.15) is 0 Å². The van der Waals surface area contributed by atoms with Crippen LogP contribution in [0, 0.1) is 43.9 Å². The molecule has 0 spiro atoms. The SMILES string of the molecule is Cc1cc(Cl)cc(C(=O)Nc2ccc(Br)cn2)c1NC(=O)c1ccc(C(=N)N)cc1.Cc1cc(Cl)cc(C(=O)Nc2ccc(Br)cn2)c1NC(=O)c1ccc(C(=N)N2CCCC2)cc1.Cc1cc(Cl)cc(C(=O)Nc2ccc(Br)cn2)c1NC(=O)c1ccc(C(=N)N2CCCCC2)cc1.Cc1cc(Cl)cc(C(=O)Nc2ccc(Br)cn2)c1NC(=O)c1ccc(C2=NCCN2C)cc1. The highest BCUT2D eigenvalue weighted by Gasteiger charge is 2.27. The van der Waals surface area contributed by atoms with Gasteiger partial charge in [0.2, 0.25) is 0 Å². The van der Waals surface area contributed by atoms with Gasteiger partial charge in [0.05, 0.1) is 51.5 Å². The van der Waals surface area contributed by atoms with Crippen LogP contribution in [0.5, 0.6) is 0 Å². The highest BCUT2D eigenvalue weighted by atomic mass is 79.9. The number of piperidine rings is 1. The lowest BCUT2D eigenvalue weighted by atomic mass is 10.0. The van der Waals surface area contributed by atoms with E-state index >= 15 is 0 Å². The number of anilines is 8. The number of benzene rings is 8. The maximum atomic E-state index is 13.0. The molecule has 28 nitrogen and oxygen atoms in total. The summed E-state index contributed by atoms with van der Waals surface area (Å²) in [6, 6.07) is 53.9. The molecule has 7 heterocycles. The van der Waals surface area contributed by atoms with E-state index in [1.807, 2.05) is 24.1 Å². The van der Waals surface area contributed by atoms with Crippen molar-refractivity contribution in [2.75, 3.05) is 88.9 Å². The fourth-order valence-electron chi connectivity index (χ4n) is 14.0. The number of likely N-dealkylation sites (N-methyl/N-ethyl adjacent to an activating group) is 1. The number of nitrogens with zero attached hydrogens (tertiary/aromatic N) is 8. The largest absolute Gasteiger partial charge is 0.384 e. The van der Waals surface area contributed by atoms with E-state index in [1.54, 1.807) is 210 Å². The standard InChI is InChI=1S/C26H25BrClN5O2.C25H23BrClN5O2.C24H21BrClN5O2.C21H17BrClN5O2/c1-16-13-20(28)14-21(26(35)31-22-10-9-19(27)15-30-22)23(16)32-25(34)18-7-5-17(6-8-18)24(29)33-11-3-2-4-12-33;1-15-12-19(27)13-20(25(34)30-21-9-8-18(26)14-29-21)22(15)31-24(33)17-6-4-16(5-7-17)23(28)32-10-2-3-11-32;1-14-11-18(26)12-19(24(33)29-20-8-7-17(25)13-28-20)21(14)30-23(32)16-5-3-15(4-6-16)22-27-9-10-31(22)2;1-11-8-15(23)9-16(21(30)27-17-7-6-14(22)10-26-17)18(11)28-20(29)13-4-2-12(3-5-13)19(24)25/h5-10,13-15,29H,2-4,11-12H2,1H3,(H,32,34)(H,30,31,35);4-9,12-14,28H,2-3,10-11H2,1H3,(H,31,33)(H,29,30,34);3-8,11-13H,9-10H2,1-2H3,(H,30,32)(H,28,29,33);2-10H,1H3,(H3,24,25)(H,28,29)(H,26,27,30). The Bertz CT molecular complexity index is 6420. The highest BCUT2D eigenvalue weighted by molar-refractivity contribution is 9.11. The minimum atomic E-state index is -0.461. The molecule has 2 saturated heterocycles. The van der Waals surface area contributed by atoms with E-state index < -0.39 is 29.5 Å². The zero-order valence-corrected chi connectivity index (χ0v) is 80.9. The Hall–Kier alpha value is -12.9. The van der Waals surface area contributed by atoms with Gasteiger partial charge in [0.25, 0.3) is 47.3 Å². The van der Waals surface area contributed by atoms with Crippen molar-refractivity contribution in [1.29, 1.82) is 16.2 Å². The first-order valence-corrected chi connectivity index (χ1v) is 45.7. The molecule has 3 aliphatic rings. The monoisotopic (exact) mass is 2100 g/mol. The third kappa shape index (κ3) is 26.5. The molecule has 0 radical (unpaired) electrons. The van der Waals surface area contributed by atoms with Crippen LogP contribution in [0.4, 0.5) is 46.0 Å². The predicted octanol–water partition coefficient (Wildman–Crippen LogP) is 21.5. The molecule has 8 aromatic carbocycles. The number of nitrogen functional groups attached to an aromatic ring is 1. The number of likely N-dealkylation sites (tertiary alicyclic amines) is 2. The minimum absolute atomic E-state index is 0.0870. The number of amidine groups is 4. The van der Waals surface area contributed by atoms with Gasteiger partial charge in [-0.05, 0) is 291 Å². The number of aryl methyl sites for hydroxylation is 4. The van der Waals surface area contributed by atoms with Gasteiger partial charge in [-0.3, -0.25) is 59.6 Å². The zero-order chi connectivity index (χ0) is 94.6. The highest BCUT2D eigenvalue weighted by Crippen LogP contribution is 2.34. The summed E-state index contributed by atoms with van der Waals surface area (Å²) in [5.74, 6) is 0.0393. The molecule has 15 rings (SSSR count). The molecule has 0 unspecified atom stereocenters. The van der Waals surface area contributed by atoms with Gasteiger partial charge in [-0.25, -0.2) is 19.9 Å². The van der Waals surface area contributed by atoms with Gasteiger partial charge >= 0.3 is 0 Å². The predicted molar refractivity (Wildman–Crippen MR) is 537 cm³/mol. The molecule has 0 saturated carbocycles. The Labute approximate surface area is 814 Å². The van der Waals surface area contributed by atoms with E-state index in [0.29, 0.717) is 128 Å². The normalized spacial score (nSPS) is 12.5. The molecule has 132 heavy (non-hydrogen) atoms. The summed E-state index contributed by atoms with van der Waals surface area (Å²) in [6.45, 7) is 12.3. The number of nitrogens with two attached hydrogens (primary N) is 1. The second-order valence-electron chi connectivity index (χ2n) is 30.4. The molecule has 674 valence electrons. The van der Waals surface area contributed by atoms with Crippen molar-refractivity contribution in [3.05, 3.63) is 346 Å². The van der Waals surface area contributed by atoms with Crippen LogP contribution in [-0.4, -0.2) is 152 Å². The molecule has 4 aromatic heterocycles. The van der Waals surface area contributed by atoms with Crippen LogP contribution < -0.4 is 48.3 Å². The fourth-order valence-corrected chi connectivity index (χ4v) is 16.1. The smallest absolute Gasteiger partial charge is 0.258 e. The maximum absolute atomic E-state index is 13.0. The fraction of sp³-hybridized carbons (Fsp3) is 0.167. The van der Waals surface area contributed by atoms with Crippen molar-refractivity contribution in [3.63, 3.8) is 0 Å². The van der Waals surface area contributed by atoms with Crippen molar-refractivity contribution in [2.45, 2.75) is 59.8 Å². The molecule has 0 atom stereocenters. The van der Waals surface area contributed by atoms with E-state index in [0.717, 1.165) is 105 Å². The summed E-state index contributed by atoms with van der Waals surface area (Å²) >= 11 is 38.0. The van der Waals surface area contributed by atoms with E-state index in [2.05, 4.69) is 141 Å². The molecule has 13 N–H and O–H groups in total. The number of carbonyl (C=O) groups is 8. The first-order valence-electron chi connectivity index (χ1n) is 41.1. The van der Waals surface area contributed by atoms with Gasteiger partial charge in [-0.1, -0.05) is 94.9 Å². The number of hydrogen-bond donors (Lipinski definition) is 12. The molecule has 0 bridgehead atoms. The number of amides is 8. The molecular weight excluding hydrogens is 2020 g/mol. The van der Waals surface area contributed by atoms with Crippen LogP contribution in [0.1, 0.15) is 159 Å². The first-order chi connectivity index (χ1) is 63.2. The van der Waals surface area contributed by atoms with E-state index in [1.165, 1.54) is 30.7 Å². The summed E-state index contributed by atoms with van der Waals surface area (Å²) < 4.78 is 3.16. The van der Waals surface area contributed by atoms with Gasteiger partial charge in [0.15, 0.2) is 0 Å². The summed E-state index contributed by atoms with van der Waals surface area (Å²) in [7, 11) is 1.99. The second-order valence-corrected chi connectivity index (χ2v) is 35.9. The number of aromatic nitrogens is 4. The van der Waals surface area contributed by atoms with Crippen LogP contribution in [0.2, 0.25) is 20.1 Å². The lowest BCUT2D eigenvalue weighted by Gasteiger charge is -2.29. The van der Waals surface area contributed by atoms with E-state index in [9.17, 15) is 38.4 Å². The quantitative estimate of drug-likeness (QED) is 0.0249. The number of carbonyl (C=O) groups excluding carboxylic acids is 8. The number of nitrogens with one attached hydrogen (secondary N) is 11. The zero-order valence-electron chi connectivity index (χ0n) is 71.5. The Morgan fingerprint density at radius 2 is 0.576 bits per heavy atom. The van der Waals surface area contributed by atoms with Crippen molar-refractivity contribution in [2.24, 2.45) is 10.7 Å². The Kier molecular flexibility index (Phi) is 34.0. The van der Waals surface area contributed by atoms with E-state index in [-0.39, 0.29) is 45.8 Å². The van der Waals surface area contributed by atoms with Crippen LogP contribution in [-0.2, 0) is 0 Å². The molecule has 8 amide bonds. The Balaban J connectivity index is 0.000000159. The van der Waals surface area contributed by atoms with Gasteiger partial charge < -0.3 is 63.0 Å². The van der Waals surface area contributed by atoms with Crippen molar-refractivity contribution >= 4 is 227 Å². The lowest BCUT2D eigenvalue weighted by molar-refractivity contribution is 0.101. The number of halogens is 8. The van der Waals surface area contributed by atoms with Crippen LogP contribution in [0.15, 0.2) is 242 Å². The third-order valence-electron chi connectivity index (χ3n) is 20.9. The van der Waals surface area contributed by atoms with Crippen LogP contribution in [0.25, 0.3) is 0 Å². The van der Waals surface area contributed by atoms with Crippen molar-refractivity contribution < 1.29 is 38.4 Å². The van der Waals surface area contributed by atoms with Crippen LogP contribution in [0.3, 0.4) is 0 Å². The summed E-state index contributed by atoms with van der Waals surface area (Å²) in [5.41, 5.74) is 15.1. The summed E-state index contributed by atoms with van der Waals surface area (Å²) in [4.78, 5) is 131. The summed E-state index contributed by atoms with van der Waals surface area (Å²) in [5, 5.41) is 48.1. The van der Waals surface area contributed by atoms with Crippen molar-refractivity contribution in [3.8, 4) is 0 Å². The van der Waals surface area contributed by atoms with Crippen molar-refractivity contribution in [1.82, 2.24) is 34.6 Å². The topological polar surface area (TPSA) is 404 Å². The average molecular weight is 2110 g/mol. The molecule has 2 fully saturated rings. The third-order valence-corrected chi connectivity index (χ3v) is 23.6. The number of rotatable bonds is 20. The molecule has 3 aliphatic heterocycles. The average Bonchev–Trinajstić information content (AvgIpc) is 1.09. The second kappa shape index (κ2) is 45.8. The molecule has 12 aromatic rings. The molecule has 36 heteroatoms. The van der Waals surface area contributed by atoms with Gasteiger partial charge in [0, 0.05) is 147 Å². The minimum Gasteiger partial charge on any atom is -0.384 e. The lowest BCUT2D eigenvalue weighted by Crippen LogP contribution is -2.35. The first kappa shape index (κ1) is 98.1. The van der Waals surface area contributed by atoms with Gasteiger partial charge in [-0.15, -0.1) is 0 Å². The van der Waals surface area contributed by atoms with E-state index in [4.69, 9.17) is 68.4 Å². The Morgan fingerprint density at radius 1 is 0.326 bits per heavy atom. The molecular formula is C96H86Br4Cl4N20O8. The Morgan fingerprint density at radius 3 is 0.818 bits per heavy atom. The number of aliphatic imine (C=N–C) groups is 1. The number of hydrogen-bond acceptors (Lipinski definition) is 17. The maximum Gasteiger partial charge on any atom is 0.258 e.